The van der Waals surface area contributed by atoms with Crippen molar-refractivity contribution in [3.05, 3.63) is 133 Å². The van der Waals surface area contributed by atoms with Gasteiger partial charge in [-0.25, -0.2) is 9.13 Å². The fourth-order valence-electron chi connectivity index (χ4n) is 4.51. The number of fused-ring (bicyclic) bond motifs is 2. The number of allylic oxidation sites excluding steroid dienone is 2. The summed E-state index contributed by atoms with van der Waals surface area (Å²) in [7, 11) is 0. The third-order valence-electron chi connectivity index (χ3n) is 6.69. The highest BCUT2D eigenvalue weighted by molar-refractivity contribution is 5.87. The lowest BCUT2D eigenvalue weighted by molar-refractivity contribution is -0.697. The van der Waals surface area contributed by atoms with Crippen LogP contribution in [-0.2, 0) is 13.1 Å². The molecule has 1 aliphatic heterocycles. The number of benzene rings is 2. The number of pyridine rings is 2. The van der Waals surface area contributed by atoms with Gasteiger partial charge in [-0.3, -0.25) is 9.98 Å². The molecule has 0 saturated heterocycles. The van der Waals surface area contributed by atoms with Crippen LogP contribution >= 0.6 is 0 Å². The van der Waals surface area contributed by atoms with Crippen molar-refractivity contribution in [2.75, 3.05) is 10.6 Å². The minimum Gasteiger partial charge on any atom is -1.00 e. The van der Waals surface area contributed by atoms with Gasteiger partial charge in [-0.1, -0.05) is 36.4 Å². The number of anilines is 2. The number of hydrogen-bond donors (Lipinski definition) is 2. The molecule has 5 rings (SSSR count). The van der Waals surface area contributed by atoms with E-state index in [0.29, 0.717) is 0 Å². The molecular weight excluding hydrogens is 652 g/mol. The molecule has 0 fully saturated rings. The van der Waals surface area contributed by atoms with Crippen molar-refractivity contribution in [1.82, 2.24) is 0 Å². The van der Waals surface area contributed by atoms with Crippen LogP contribution in [-0.4, -0.2) is 12.4 Å². The third kappa shape index (κ3) is 10.2. The van der Waals surface area contributed by atoms with Gasteiger partial charge in [-0.15, -0.1) is 0 Å². The van der Waals surface area contributed by atoms with Crippen LogP contribution in [0.1, 0.15) is 25.7 Å². The quantitative estimate of drug-likeness (QED) is 0.271. The van der Waals surface area contributed by atoms with Crippen molar-refractivity contribution in [3.63, 3.8) is 0 Å². The average Bonchev–Trinajstić information content (AvgIpc) is 3.01. The largest absolute Gasteiger partial charge is 1.00 e. The fraction of sp³-hybridized carbons (Fsp3) is 0.176. The van der Waals surface area contributed by atoms with Gasteiger partial charge in [0.1, 0.15) is 13.1 Å². The van der Waals surface area contributed by atoms with E-state index >= 15 is 0 Å². The Morgan fingerprint density at radius 2 is 0.905 bits per heavy atom. The normalized spacial score (nSPS) is 15.0. The van der Waals surface area contributed by atoms with Gasteiger partial charge in [0.05, 0.1) is 22.7 Å². The van der Waals surface area contributed by atoms with Crippen LogP contribution in [0.5, 0.6) is 0 Å². The first-order valence-corrected chi connectivity index (χ1v) is 13.9. The summed E-state index contributed by atoms with van der Waals surface area (Å²) in [6.45, 7) is 1.89. The Kier molecular flexibility index (Phi) is 13.9. The molecule has 1 aliphatic rings. The molecule has 0 aliphatic carbocycles. The molecule has 0 unspecified atom stereocenters. The molecular formula is C34H36Br2N6. The average molecular weight is 689 g/mol. The first kappa shape index (κ1) is 32.6. The Morgan fingerprint density at radius 1 is 0.500 bits per heavy atom. The molecule has 0 saturated carbocycles. The third-order valence-corrected chi connectivity index (χ3v) is 6.69. The molecule has 3 heterocycles. The molecule has 4 aromatic rings. The van der Waals surface area contributed by atoms with E-state index in [2.05, 4.69) is 93.4 Å². The summed E-state index contributed by atoms with van der Waals surface area (Å²) >= 11 is 0. The van der Waals surface area contributed by atoms with E-state index in [1.165, 1.54) is 0 Å². The molecule has 0 radical (unpaired) electrons. The zero-order valence-corrected chi connectivity index (χ0v) is 26.7. The number of nitrogens with zero attached hydrogens (tertiary/aromatic N) is 4. The topological polar surface area (TPSA) is 56.5 Å². The minimum atomic E-state index is 0. The van der Waals surface area contributed by atoms with Crippen LogP contribution in [0.4, 0.5) is 22.7 Å². The van der Waals surface area contributed by atoms with Crippen molar-refractivity contribution < 1.29 is 43.1 Å². The monoisotopic (exact) mass is 686 g/mol. The van der Waals surface area contributed by atoms with E-state index in [0.717, 1.165) is 72.7 Å². The summed E-state index contributed by atoms with van der Waals surface area (Å²) < 4.78 is 4.42. The maximum Gasteiger partial charge on any atom is 0.168 e. The highest BCUT2D eigenvalue weighted by atomic mass is 79.9. The number of nitrogens with one attached hydrogen (secondary N) is 2. The molecule has 42 heavy (non-hydrogen) atoms. The lowest BCUT2D eigenvalue weighted by Gasteiger charge is -2.10. The van der Waals surface area contributed by atoms with E-state index in [9.17, 15) is 0 Å². The maximum absolute atomic E-state index is 4.90. The molecule has 0 bridgehead atoms. The Balaban J connectivity index is 0.00000242. The lowest BCUT2D eigenvalue weighted by atomic mass is 10.1. The predicted octanol–water partition coefficient (Wildman–Crippen LogP) is 0.940. The van der Waals surface area contributed by atoms with E-state index in [1.807, 2.05) is 61.0 Å². The Morgan fingerprint density at radius 3 is 1.33 bits per heavy atom. The molecule has 0 atom stereocenters. The van der Waals surface area contributed by atoms with E-state index < -0.39 is 0 Å². The van der Waals surface area contributed by atoms with Crippen LogP contribution in [0.15, 0.2) is 143 Å². The smallest absolute Gasteiger partial charge is 0.168 e. The van der Waals surface area contributed by atoms with Crippen molar-refractivity contribution in [1.29, 1.82) is 0 Å². The number of para-hydroxylation sites is 4. The maximum atomic E-state index is 4.90. The van der Waals surface area contributed by atoms with Gasteiger partial charge in [0.15, 0.2) is 24.8 Å². The molecule has 8 heteroatoms. The summed E-state index contributed by atoms with van der Waals surface area (Å²) in [6, 6.07) is 28.6. The molecule has 0 spiro atoms. The second-order valence-electron chi connectivity index (χ2n) is 9.71. The van der Waals surface area contributed by atoms with Crippen molar-refractivity contribution in [2.45, 2.75) is 38.8 Å². The molecule has 0 amide bonds. The lowest BCUT2D eigenvalue weighted by Crippen LogP contribution is -3.00. The number of halogens is 2. The standard InChI is InChI=1S/C34H36N6.2BrH/c1-7-19-39(20-8-1)23-11-13-29-25-35-31-15-3-5-17-33(31)37-27-30(14-12-24-40-21-9-2-10-22-40)28-38-34-18-6-4-16-32(34)36-26-29;;/h1-10,15-22,25-28,35,38H,11-14,23-24H2;2*1H/q+2;;/p-2/b29-25+,30-28+,36-26?,37-27?;;. The zero-order chi connectivity index (χ0) is 27.2. The van der Waals surface area contributed by atoms with Crippen LogP contribution in [0.2, 0.25) is 0 Å². The highest BCUT2D eigenvalue weighted by Gasteiger charge is 2.06. The van der Waals surface area contributed by atoms with Gasteiger partial charge in [0.2, 0.25) is 0 Å². The number of hydrogen-bond acceptors (Lipinski definition) is 4. The van der Waals surface area contributed by atoms with Crippen LogP contribution in [0, 0.1) is 0 Å². The summed E-state index contributed by atoms with van der Waals surface area (Å²) in [4.78, 5) is 9.79. The zero-order valence-electron chi connectivity index (χ0n) is 23.5. The summed E-state index contributed by atoms with van der Waals surface area (Å²) in [5, 5.41) is 7.01. The van der Waals surface area contributed by atoms with Gasteiger partial charge < -0.3 is 44.6 Å². The molecule has 2 N–H and O–H groups in total. The second kappa shape index (κ2) is 17.8. The molecule has 2 aromatic carbocycles. The Bertz CT molecular complexity index is 1390. The van der Waals surface area contributed by atoms with E-state index in [4.69, 9.17) is 9.98 Å². The number of aryl methyl sites for hydroxylation is 2. The van der Waals surface area contributed by atoms with Crippen molar-refractivity contribution in [3.8, 4) is 0 Å². The first-order chi connectivity index (χ1) is 19.8. The van der Waals surface area contributed by atoms with Gasteiger partial charge >= 0.3 is 0 Å². The van der Waals surface area contributed by atoms with Crippen molar-refractivity contribution in [2.24, 2.45) is 9.98 Å². The Labute approximate surface area is 269 Å². The SMILES string of the molecule is C1=Nc2ccccc2N/C=C(\CCC[n+]2ccccc2)C=Nc2ccccc2N/C=C/1CCC[n+]1ccccc1.[Br-].[Br-]. The van der Waals surface area contributed by atoms with Crippen LogP contribution in [0.3, 0.4) is 0 Å². The summed E-state index contributed by atoms with van der Waals surface area (Å²) in [5.41, 5.74) is 5.97. The summed E-state index contributed by atoms with van der Waals surface area (Å²) in [6.07, 6.45) is 20.3. The predicted molar refractivity (Wildman–Crippen MR) is 164 cm³/mol. The molecule has 2 aromatic heterocycles. The molecule has 6 nitrogen and oxygen atoms in total. The minimum absolute atomic E-state index is 0. The van der Waals surface area contributed by atoms with Gasteiger partial charge in [-0.05, 0) is 48.3 Å². The number of aromatic nitrogens is 2. The Hall–Kier alpha value is -3.88. The second-order valence-corrected chi connectivity index (χ2v) is 9.71. The van der Waals surface area contributed by atoms with E-state index in [-0.39, 0.29) is 34.0 Å². The number of rotatable bonds is 8. The van der Waals surface area contributed by atoms with E-state index in [1.54, 1.807) is 0 Å². The summed E-state index contributed by atoms with van der Waals surface area (Å²) in [5.74, 6) is 0. The fourth-order valence-corrected chi connectivity index (χ4v) is 4.51. The van der Waals surface area contributed by atoms with Gasteiger partial charge in [0, 0.05) is 61.9 Å². The van der Waals surface area contributed by atoms with Gasteiger partial charge in [0.25, 0.3) is 0 Å². The first-order valence-electron chi connectivity index (χ1n) is 13.9. The van der Waals surface area contributed by atoms with Gasteiger partial charge in [-0.2, -0.15) is 0 Å². The number of aliphatic imine (C=N–C) groups is 2. The molecule has 216 valence electrons. The van der Waals surface area contributed by atoms with Crippen molar-refractivity contribution >= 4 is 35.2 Å². The van der Waals surface area contributed by atoms with Crippen LogP contribution < -0.4 is 53.7 Å². The van der Waals surface area contributed by atoms with Crippen LogP contribution in [0.25, 0.3) is 0 Å². The highest BCUT2D eigenvalue weighted by Crippen LogP contribution is 2.27.